The Morgan fingerprint density at radius 1 is 1.29 bits per heavy atom. The molecule has 17 heavy (non-hydrogen) atoms. The minimum atomic E-state index is -3.16. The van der Waals surface area contributed by atoms with Crippen LogP contribution in [0.3, 0.4) is 0 Å². The lowest BCUT2D eigenvalue weighted by Crippen LogP contribution is -1.99. The third-order valence-corrected chi connectivity index (χ3v) is 4.70. The van der Waals surface area contributed by atoms with Gasteiger partial charge in [0, 0.05) is 16.8 Å². The van der Waals surface area contributed by atoms with E-state index < -0.39 is 9.84 Å². The highest BCUT2D eigenvalue weighted by Gasteiger charge is 2.09. The Morgan fingerprint density at radius 2 is 2.00 bits per heavy atom. The summed E-state index contributed by atoms with van der Waals surface area (Å²) in [6, 6.07) is 4.95. The maximum atomic E-state index is 11.3. The highest BCUT2D eigenvalue weighted by Crippen LogP contribution is 2.28. The predicted octanol–water partition coefficient (Wildman–Crippen LogP) is 2.95. The molecule has 0 aliphatic rings. The van der Waals surface area contributed by atoms with Gasteiger partial charge in [-0.15, -0.1) is 11.8 Å². The molecule has 1 rings (SSSR count). The maximum absolute atomic E-state index is 11.3. The summed E-state index contributed by atoms with van der Waals surface area (Å²) < 4.78 is 22.7. The fourth-order valence-corrected chi connectivity index (χ4v) is 3.04. The lowest BCUT2D eigenvalue weighted by molar-refractivity contribution is 0.602. The van der Waals surface area contributed by atoms with Gasteiger partial charge in [0.25, 0.3) is 0 Å². The van der Waals surface area contributed by atoms with Crippen LogP contribution < -0.4 is 5.73 Å². The van der Waals surface area contributed by atoms with Crippen molar-refractivity contribution >= 4 is 27.3 Å². The Labute approximate surface area is 108 Å². The van der Waals surface area contributed by atoms with Crippen LogP contribution in [0.5, 0.6) is 0 Å². The van der Waals surface area contributed by atoms with Crippen molar-refractivity contribution in [1.82, 2.24) is 0 Å². The molecule has 0 bridgehead atoms. The fraction of sp³-hybridized carbons (Fsp3) is 0.500. The Morgan fingerprint density at radius 3 is 2.53 bits per heavy atom. The van der Waals surface area contributed by atoms with Gasteiger partial charge in [0.05, 0.1) is 4.90 Å². The van der Waals surface area contributed by atoms with Gasteiger partial charge in [-0.1, -0.05) is 19.8 Å². The molecule has 0 aromatic heterocycles. The molecule has 5 heteroatoms. The summed E-state index contributed by atoms with van der Waals surface area (Å²) >= 11 is 1.69. The number of nitrogens with two attached hydrogens (primary N) is 1. The lowest BCUT2D eigenvalue weighted by Gasteiger charge is -2.07. The summed E-state index contributed by atoms with van der Waals surface area (Å²) in [6.07, 6.45) is 4.77. The molecule has 0 radical (unpaired) electrons. The molecule has 0 saturated heterocycles. The fourth-order valence-electron chi connectivity index (χ4n) is 1.42. The van der Waals surface area contributed by atoms with Crippen LogP contribution in [0.2, 0.25) is 0 Å². The number of hydrogen-bond acceptors (Lipinski definition) is 4. The Kier molecular flexibility index (Phi) is 5.33. The predicted molar refractivity (Wildman–Crippen MR) is 74.2 cm³/mol. The minimum absolute atomic E-state index is 0.285. The quantitative estimate of drug-likeness (QED) is 0.492. The smallest absolute Gasteiger partial charge is 0.175 e. The molecule has 0 amide bonds. The lowest BCUT2D eigenvalue weighted by atomic mass is 10.3. The van der Waals surface area contributed by atoms with Gasteiger partial charge in [-0.2, -0.15) is 0 Å². The van der Waals surface area contributed by atoms with E-state index in [-0.39, 0.29) is 4.90 Å². The van der Waals surface area contributed by atoms with Gasteiger partial charge in [0.2, 0.25) is 0 Å². The molecular weight excluding hydrogens is 254 g/mol. The zero-order valence-corrected chi connectivity index (χ0v) is 11.9. The summed E-state index contributed by atoms with van der Waals surface area (Å²) in [5.74, 6) is 1.02. The number of thioether (sulfide) groups is 1. The van der Waals surface area contributed by atoms with Crippen molar-refractivity contribution in [3.8, 4) is 0 Å². The van der Waals surface area contributed by atoms with Gasteiger partial charge in [0.15, 0.2) is 9.84 Å². The van der Waals surface area contributed by atoms with Crippen LogP contribution in [0.1, 0.15) is 26.2 Å². The first-order valence-corrected chi connectivity index (χ1v) is 8.55. The molecule has 0 spiro atoms. The second-order valence-corrected chi connectivity index (χ2v) is 7.18. The van der Waals surface area contributed by atoms with Gasteiger partial charge in [-0.25, -0.2) is 8.42 Å². The van der Waals surface area contributed by atoms with Gasteiger partial charge >= 0.3 is 0 Å². The highest BCUT2D eigenvalue weighted by atomic mass is 32.2. The van der Waals surface area contributed by atoms with E-state index in [2.05, 4.69) is 6.92 Å². The van der Waals surface area contributed by atoms with E-state index in [1.54, 1.807) is 23.9 Å². The summed E-state index contributed by atoms with van der Waals surface area (Å²) in [5.41, 5.74) is 6.40. The number of anilines is 1. The van der Waals surface area contributed by atoms with Crippen LogP contribution in [0.15, 0.2) is 28.0 Å². The standard InChI is InChI=1S/C12H19NO2S2/c1-3-4-5-8-16-12-7-6-10(9-11(12)13)17(2,14)15/h6-7,9H,3-5,8,13H2,1-2H3. The molecule has 1 aromatic rings. The summed E-state index contributed by atoms with van der Waals surface area (Å²) in [5, 5.41) is 0. The summed E-state index contributed by atoms with van der Waals surface area (Å²) in [6.45, 7) is 2.17. The average Bonchev–Trinajstić information content (AvgIpc) is 2.24. The van der Waals surface area contributed by atoms with Gasteiger partial charge in [0.1, 0.15) is 0 Å². The Hall–Kier alpha value is -0.680. The molecule has 0 saturated carbocycles. The van der Waals surface area contributed by atoms with E-state index in [4.69, 9.17) is 5.73 Å². The second kappa shape index (κ2) is 6.31. The SMILES string of the molecule is CCCCCSc1ccc(S(C)(=O)=O)cc1N. The molecule has 96 valence electrons. The van der Waals surface area contributed by atoms with Crippen molar-refractivity contribution in [2.75, 3.05) is 17.7 Å². The largest absolute Gasteiger partial charge is 0.398 e. The van der Waals surface area contributed by atoms with Crippen molar-refractivity contribution in [2.24, 2.45) is 0 Å². The Bertz CT molecular complexity index is 469. The zero-order valence-electron chi connectivity index (χ0n) is 10.3. The molecule has 3 nitrogen and oxygen atoms in total. The van der Waals surface area contributed by atoms with Crippen LogP contribution in [-0.2, 0) is 9.84 Å². The number of nitrogen functional groups attached to an aromatic ring is 1. The van der Waals surface area contributed by atoms with Crippen molar-refractivity contribution in [1.29, 1.82) is 0 Å². The second-order valence-electron chi connectivity index (χ2n) is 4.03. The van der Waals surface area contributed by atoms with E-state index in [0.717, 1.165) is 17.1 Å². The van der Waals surface area contributed by atoms with Gasteiger partial charge in [-0.3, -0.25) is 0 Å². The molecule has 0 heterocycles. The maximum Gasteiger partial charge on any atom is 0.175 e. The number of hydrogen-bond donors (Lipinski definition) is 1. The summed E-state index contributed by atoms with van der Waals surface area (Å²) in [4.78, 5) is 1.25. The summed E-state index contributed by atoms with van der Waals surface area (Å²) in [7, 11) is -3.16. The normalized spacial score (nSPS) is 11.6. The number of rotatable bonds is 6. The van der Waals surface area contributed by atoms with Crippen LogP contribution in [0.4, 0.5) is 5.69 Å². The van der Waals surface area contributed by atoms with E-state index in [1.165, 1.54) is 25.2 Å². The molecule has 0 fully saturated rings. The molecule has 1 aromatic carbocycles. The van der Waals surface area contributed by atoms with Crippen molar-refractivity contribution < 1.29 is 8.42 Å². The molecule has 0 aliphatic carbocycles. The first-order valence-electron chi connectivity index (χ1n) is 5.67. The van der Waals surface area contributed by atoms with Crippen LogP contribution in [0, 0.1) is 0 Å². The van der Waals surface area contributed by atoms with Crippen molar-refractivity contribution in [3.05, 3.63) is 18.2 Å². The van der Waals surface area contributed by atoms with Crippen molar-refractivity contribution in [3.63, 3.8) is 0 Å². The number of benzene rings is 1. The monoisotopic (exact) mass is 273 g/mol. The number of unbranched alkanes of at least 4 members (excludes halogenated alkanes) is 2. The average molecular weight is 273 g/mol. The zero-order chi connectivity index (χ0) is 12.9. The van der Waals surface area contributed by atoms with Crippen LogP contribution >= 0.6 is 11.8 Å². The number of sulfone groups is 1. The highest BCUT2D eigenvalue weighted by molar-refractivity contribution is 7.99. The van der Waals surface area contributed by atoms with Crippen LogP contribution in [0.25, 0.3) is 0 Å². The third-order valence-electron chi connectivity index (χ3n) is 2.41. The molecule has 0 aliphatic heterocycles. The van der Waals surface area contributed by atoms with Gasteiger partial charge in [-0.05, 0) is 30.4 Å². The molecule has 0 unspecified atom stereocenters. The topological polar surface area (TPSA) is 60.2 Å². The third kappa shape index (κ3) is 4.60. The van der Waals surface area contributed by atoms with Gasteiger partial charge < -0.3 is 5.73 Å². The molecular formula is C12H19NO2S2. The van der Waals surface area contributed by atoms with E-state index in [1.807, 2.05) is 0 Å². The molecule has 0 atom stereocenters. The van der Waals surface area contributed by atoms with Crippen LogP contribution in [-0.4, -0.2) is 20.4 Å². The first kappa shape index (κ1) is 14.4. The van der Waals surface area contributed by atoms with E-state index in [9.17, 15) is 8.42 Å². The first-order chi connectivity index (χ1) is 7.95. The van der Waals surface area contributed by atoms with E-state index in [0.29, 0.717) is 5.69 Å². The Balaban J connectivity index is 2.70. The molecule has 2 N–H and O–H groups in total. The van der Waals surface area contributed by atoms with Crippen molar-refractivity contribution in [2.45, 2.75) is 36.0 Å². The van der Waals surface area contributed by atoms with E-state index >= 15 is 0 Å². The minimum Gasteiger partial charge on any atom is -0.398 e.